The van der Waals surface area contributed by atoms with E-state index in [4.69, 9.17) is 4.74 Å². The highest BCUT2D eigenvalue weighted by molar-refractivity contribution is 5.88. The highest BCUT2D eigenvalue weighted by Crippen LogP contribution is 2.24. The second kappa shape index (κ2) is 8.31. The summed E-state index contributed by atoms with van der Waals surface area (Å²) in [6.07, 6.45) is -0.634. The zero-order valence-corrected chi connectivity index (χ0v) is 13.4. The van der Waals surface area contributed by atoms with Crippen LogP contribution in [0.15, 0.2) is 48.5 Å². The molecule has 1 atom stereocenters. The van der Waals surface area contributed by atoms with Crippen molar-refractivity contribution in [2.45, 2.75) is 19.6 Å². The van der Waals surface area contributed by atoms with E-state index < -0.39 is 6.10 Å². The molecular formula is C18H22N2O3. The van der Waals surface area contributed by atoms with Crippen LogP contribution in [0.25, 0.3) is 0 Å². The molecule has 0 radical (unpaired) electrons. The van der Waals surface area contributed by atoms with Crippen LogP contribution in [0.3, 0.4) is 0 Å². The van der Waals surface area contributed by atoms with Gasteiger partial charge in [-0.15, -0.1) is 0 Å². The fourth-order valence-corrected chi connectivity index (χ4v) is 2.31. The molecule has 2 rings (SSSR count). The van der Waals surface area contributed by atoms with Crippen LogP contribution in [-0.2, 0) is 11.3 Å². The standard InChI is InChI=1S/C18H22N2O3/c1-13(21)20-15-9-7-14(8-10-15)11-19-12-17(22)16-5-3-4-6-18(16)23-2/h3-10,17,19,22H,11-12H2,1-2H3,(H,20,21). The fraction of sp³-hybridized carbons (Fsp3) is 0.278. The number of aliphatic hydroxyl groups excluding tert-OH is 1. The second-order valence-corrected chi connectivity index (χ2v) is 5.27. The van der Waals surface area contributed by atoms with E-state index in [9.17, 15) is 9.90 Å². The van der Waals surface area contributed by atoms with Gasteiger partial charge in [-0.3, -0.25) is 4.79 Å². The summed E-state index contributed by atoms with van der Waals surface area (Å²) in [5.74, 6) is 0.595. The van der Waals surface area contributed by atoms with E-state index in [0.29, 0.717) is 18.8 Å². The largest absolute Gasteiger partial charge is 0.496 e. The van der Waals surface area contributed by atoms with E-state index >= 15 is 0 Å². The molecule has 2 aromatic rings. The molecule has 1 unspecified atom stereocenters. The van der Waals surface area contributed by atoms with Gasteiger partial charge in [-0.05, 0) is 23.8 Å². The average molecular weight is 314 g/mol. The number of nitrogens with one attached hydrogen (secondary N) is 2. The first-order valence-corrected chi connectivity index (χ1v) is 7.48. The lowest BCUT2D eigenvalue weighted by molar-refractivity contribution is -0.114. The van der Waals surface area contributed by atoms with Gasteiger partial charge in [-0.1, -0.05) is 30.3 Å². The number of aliphatic hydroxyl groups is 1. The van der Waals surface area contributed by atoms with E-state index in [1.807, 2.05) is 48.5 Å². The Morgan fingerprint density at radius 1 is 1.17 bits per heavy atom. The number of carbonyl (C=O) groups excluding carboxylic acids is 1. The maximum atomic E-state index is 11.0. The lowest BCUT2D eigenvalue weighted by atomic mass is 10.1. The van der Waals surface area contributed by atoms with Crippen LogP contribution in [0, 0.1) is 0 Å². The summed E-state index contributed by atoms with van der Waals surface area (Å²) >= 11 is 0. The number of anilines is 1. The van der Waals surface area contributed by atoms with Gasteiger partial charge in [0.1, 0.15) is 5.75 Å². The summed E-state index contributed by atoms with van der Waals surface area (Å²) in [4.78, 5) is 11.0. The van der Waals surface area contributed by atoms with Crippen molar-refractivity contribution in [3.63, 3.8) is 0 Å². The Morgan fingerprint density at radius 3 is 2.52 bits per heavy atom. The second-order valence-electron chi connectivity index (χ2n) is 5.27. The number of hydrogen-bond acceptors (Lipinski definition) is 4. The van der Waals surface area contributed by atoms with Crippen molar-refractivity contribution in [1.82, 2.24) is 5.32 Å². The van der Waals surface area contributed by atoms with Crippen molar-refractivity contribution in [3.05, 3.63) is 59.7 Å². The lowest BCUT2D eigenvalue weighted by Gasteiger charge is -2.15. The van der Waals surface area contributed by atoms with Gasteiger partial charge in [-0.25, -0.2) is 0 Å². The molecule has 2 aromatic carbocycles. The predicted molar refractivity (Wildman–Crippen MR) is 90.4 cm³/mol. The van der Waals surface area contributed by atoms with Gasteiger partial charge in [0.05, 0.1) is 13.2 Å². The van der Waals surface area contributed by atoms with E-state index in [-0.39, 0.29) is 5.91 Å². The average Bonchev–Trinajstić information content (AvgIpc) is 2.55. The van der Waals surface area contributed by atoms with Crippen LogP contribution < -0.4 is 15.4 Å². The van der Waals surface area contributed by atoms with Gasteiger partial charge < -0.3 is 20.5 Å². The molecule has 5 heteroatoms. The predicted octanol–water partition coefficient (Wildman–Crippen LogP) is 2.48. The van der Waals surface area contributed by atoms with Crippen LogP contribution in [-0.4, -0.2) is 24.7 Å². The number of amides is 1. The number of para-hydroxylation sites is 1. The summed E-state index contributed by atoms with van der Waals surface area (Å²) in [6, 6.07) is 15.0. The number of rotatable bonds is 7. The molecule has 23 heavy (non-hydrogen) atoms. The van der Waals surface area contributed by atoms with Crippen LogP contribution >= 0.6 is 0 Å². The highest BCUT2D eigenvalue weighted by Gasteiger charge is 2.11. The van der Waals surface area contributed by atoms with E-state index in [1.54, 1.807) is 7.11 Å². The fourth-order valence-electron chi connectivity index (χ4n) is 2.31. The summed E-state index contributed by atoms with van der Waals surface area (Å²) in [6.45, 7) is 2.54. The summed E-state index contributed by atoms with van der Waals surface area (Å²) in [5, 5.41) is 16.2. The summed E-state index contributed by atoms with van der Waals surface area (Å²) < 4.78 is 5.25. The molecule has 0 saturated heterocycles. The third-order valence-corrected chi connectivity index (χ3v) is 3.44. The van der Waals surface area contributed by atoms with Crippen molar-refractivity contribution in [2.24, 2.45) is 0 Å². The molecule has 0 aliphatic rings. The number of hydrogen-bond donors (Lipinski definition) is 3. The van der Waals surface area contributed by atoms with Crippen molar-refractivity contribution in [3.8, 4) is 5.75 Å². The van der Waals surface area contributed by atoms with E-state index in [0.717, 1.165) is 16.8 Å². The SMILES string of the molecule is COc1ccccc1C(O)CNCc1ccc(NC(C)=O)cc1. The van der Waals surface area contributed by atoms with Crippen LogP contribution in [0.4, 0.5) is 5.69 Å². The van der Waals surface area contributed by atoms with Crippen molar-refractivity contribution >= 4 is 11.6 Å². The highest BCUT2D eigenvalue weighted by atomic mass is 16.5. The molecule has 0 aliphatic carbocycles. The van der Waals surface area contributed by atoms with Crippen molar-refractivity contribution < 1.29 is 14.6 Å². The Bertz CT molecular complexity index is 641. The quantitative estimate of drug-likeness (QED) is 0.734. The normalized spacial score (nSPS) is 11.8. The molecule has 0 spiro atoms. The Hall–Kier alpha value is -2.37. The first kappa shape index (κ1) is 17.0. The third-order valence-electron chi connectivity index (χ3n) is 3.44. The van der Waals surface area contributed by atoms with Crippen LogP contribution in [0.1, 0.15) is 24.2 Å². The van der Waals surface area contributed by atoms with Gasteiger partial charge in [0, 0.05) is 31.3 Å². The van der Waals surface area contributed by atoms with Crippen molar-refractivity contribution in [1.29, 1.82) is 0 Å². The number of methoxy groups -OCH3 is 1. The van der Waals surface area contributed by atoms with Gasteiger partial charge in [-0.2, -0.15) is 0 Å². The third kappa shape index (κ3) is 5.09. The first-order chi connectivity index (χ1) is 11.1. The molecule has 122 valence electrons. The summed E-state index contributed by atoms with van der Waals surface area (Å²) in [7, 11) is 1.59. The molecule has 0 fully saturated rings. The molecule has 3 N–H and O–H groups in total. The molecule has 0 aliphatic heterocycles. The van der Waals surface area contributed by atoms with Crippen LogP contribution in [0.2, 0.25) is 0 Å². The minimum absolute atomic E-state index is 0.0872. The molecule has 1 amide bonds. The van der Waals surface area contributed by atoms with Gasteiger partial charge >= 0.3 is 0 Å². The summed E-state index contributed by atoms with van der Waals surface area (Å²) in [5.41, 5.74) is 2.62. The first-order valence-electron chi connectivity index (χ1n) is 7.48. The maximum absolute atomic E-state index is 11.0. The Morgan fingerprint density at radius 2 is 1.87 bits per heavy atom. The monoisotopic (exact) mass is 314 g/mol. The molecular weight excluding hydrogens is 292 g/mol. The smallest absolute Gasteiger partial charge is 0.221 e. The Labute approximate surface area is 136 Å². The van der Waals surface area contributed by atoms with Gasteiger partial charge in [0.25, 0.3) is 0 Å². The molecule has 0 saturated carbocycles. The zero-order chi connectivity index (χ0) is 16.7. The lowest BCUT2D eigenvalue weighted by Crippen LogP contribution is -2.21. The zero-order valence-electron chi connectivity index (χ0n) is 13.4. The minimum Gasteiger partial charge on any atom is -0.496 e. The Balaban J connectivity index is 1.85. The minimum atomic E-state index is -0.634. The van der Waals surface area contributed by atoms with Crippen LogP contribution in [0.5, 0.6) is 5.75 Å². The topological polar surface area (TPSA) is 70.6 Å². The Kier molecular flexibility index (Phi) is 6.14. The van der Waals surface area contributed by atoms with Crippen molar-refractivity contribution in [2.75, 3.05) is 19.0 Å². The van der Waals surface area contributed by atoms with Gasteiger partial charge in [0.15, 0.2) is 0 Å². The number of ether oxygens (including phenoxy) is 1. The number of benzene rings is 2. The molecule has 5 nitrogen and oxygen atoms in total. The van der Waals surface area contributed by atoms with Gasteiger partial charge in [0.2, 0.25) is 5.91 Å². The van der Waals surface area contributed by atoms with E-state index in [1.165, 1.54) is 6.92 Å². The molecule has 0 aromatic heterocycles. The maximum Gasteiger partial charge on any atom is 0.221 e. The molecule has 0 bridgehead atoms. The number of carbonyl (C=O) groups is 1. The molecule has 0 heterocycles. The van der Waals surface area contributed by atoms with E-state index in [2.05, 4.69) is 10.6 Å².